The van der Waals surface area contributed by atoms with Gasteiger partial charge in [-0.1, -0.05) is 12.1 Å². The molecule has 2 nitrogen and oxygen atoms in total. The Labute approximate surface area is 164 Å². The molecule has 0 aliphatic carbocycles. The smallest absolute Gasteiger partial charge is 0.135 e. The van der Waals surface area contributed by atoms with Crippen molar-refractivity contribution in [2.45, 2.75) is 6.42 Å². The number of hydrogen-bond donors (Lipinski definition) is 0. The molecule has 6 heteroatoms. The summed E-state index contributed by atoms with van der Waals surface area (Å²) in [5.74, 6) is -2.70. The Hall–Kier alpha value is -3.54. The monoisotopic (exact) mass is 394 g/mol. The van der Waals surface area contributed by atoms with Gasteiger partial charge >= 0.3 is 0 Å². The maximum atomic E-state index is 14.0. The highest BCUT2D eigenvalue weighted by atomic mass is 19.1. The fraction of sp³-hybridized carbons (Fsp3) is 0.0435. The van der Waals surface area contributed by atoms with E-state index in [1.54, 1.807) is 36.4 Å². The maximum Gasteiger partial charge on any atom is 0.135 e. The van der Waals surface area contributed by atoms with E-state index in [0.29, 0.717) is 29.2 Å². The first-order valence-corrected chi connectivity index (χ1v) is 8.82. The normalized spacial score (nSPS) is 10.9. The van der Waals surface area contributed by atoms with Crippen LogP contribution in [0.15, 0.2) is 72.8 Å². The van der Waals surface area contributed by atoms with E-state index >= 15 is 0 Å². The van der Waals surface area contributed by atoms with Crippen LogP contribution in [0.5, 0.6) is 0 Å². The van der Waals surface area contributed by atoms with E-state index in [1.165, 1.54) is 24.3 Å². The number of aromatic nitrogens is 2. The third-order valence-corrected chi connectivity index (χ3v) is 4.39. The summed E-state index contributed by atoms with van der Waals surface area (Å²) in [7, 11) is 0. The van der Waals surface area contributed by atoms with E-state index in [2.05, 4.69) is 9.97 Å². The molecule has 0 radical (unpaired) electrons. The molecule has 4 aromatic rings. The van der Waals surface area contributed by atoms with Crippen LogP contribution >= 0.6 is 0 Å². The number of hydrogen-bond acceptors (Lipinski definition) is 2. The highest BCUT2D eigenvalue weighted by Crippen LogP contribution is 2.24. The van der Waals surface area contributed by atoms with Crippen LogP contribution in [0.2, 0.25) is 0 Å². The van der Waals surface area contributed by atoms with E-state index in [1.807, 2.05) is 0 Å². The Kier molecular flexibility index (Phi) is 5.08. The lowest BCUT2D eigenvalue weighted by Crippen LogP contribution is -1.99. The minimum Gasteiger partial charge on any atom is -0.252 e. The van der Waals surface area contributed by atoms with Crippen molar-refractivity contribution in [2.75, 3.05) is 0 Å². The van der Waals surface area contributed by atoms with Gasteiger partial charge in [-0.25, -0.2) is 17.6 Å². The van der Waals surface area contributed by atoms with Gasteiger partial charge in [0.1, 0.15) is 23.3 Å². The molecule has 29 heavy (non-hydrogen) atoms. The standard InChI is InChI=1S/C23H14F4N2/c24-14-7-9-18(20(26)11-14)22-5-1-3-16(28-22)13-17-4-2-6-23(29-17)19-10-8-15(25)12-21(19)27/h1-12H,13H2. The molecule has 0 saturated carbocycles. The van der Waals surface area contributed by atoms with Gasteiger partial charge < -0.3 is 0 Å². The van der Waals surface area contributed by atoms with E-state index in [0.717, 1.165) is 12.1 Å². The molecule has 2 heterocycles. The molecule has 0 unspecified atom stereocenters. The second-order valence-electron chi connectivity index (χ2n) is 6.45. The minimum atomic E-state index is -0.693. The molecule has 0 aliphatic heterocycles. The van der Waals surface area contributed by atoms with Gasteiger partial charge in [-0.15, -0.1) is 0 Å². The topological polar surface area (TPSA) is 25.8 Å². The summed E-state index contributed by atoms with van der Waals surface area (Å²) < 4.78 is 54.4. The number of pyridine rings is 2. The molecule has 0 spiro atoms. The van der Waals surface area contributed by atoms with Crippen LogP contribution in [0.3, 0.4) is 0 Å². The molecule has 0 atom stereocenters. The van der Waals surface area contributed by atoms with Crippen molar-refractivity contribution < 1.29 is 17.6 Å². The zero-order valence-electron chi connectivity index (χ0n) is 15.0. The Morgan fingerprint density at radius 1 is 0.552 bits per heavy atom. The van der Waals surface area contributed by atoms with Crippen LogP contribution in [0.1, 0.15) is 11.4 Å². The van der Waals surface area contributed by atoms with Crippen molar-refractivity contribution >= 4 is 0 Å². The fourth-order valence-electron chi connectivity index (χ4n) is 3.04. The fourth-order valence-corrected chi connectivity index (χ4v) is 3.04. The number of benzene rings is 2. The lowest BCUT2D eigenvalue weighted by Gasteiger charge is -2.08. The highest BCUT2D eigenvalue weighted by Gasteiger charge is 2.11. The molecule has 0 fully saturated rings. The third kappa shape index (κ3) is 4.16. The summed E-state index contributed by atoms with van der Waals surface area (Å²) in [6.07, 6.45) is 0.327. The number of rotatable bonds is 4. The van der Waals surface area contributed by atoms with Crippen LogP contribution in [0.4, 0.5) is 17.6 Å². The van der Waals surface area contributed by atoms with Gasteiger partial charge in [-0.3, -0.25) is 9.97 Å². The van der Waals surface area contributed by atoms with Gasteiger partial charge in [-0.05, 0) is 48.5 Å². The van der Waals surface area contributed by atoms with Crippen molar-refractivity contribution in [1.29, 1.82) is 0 Å². The van der Waals surface area contributed by atoms with Gasteiger partial charge in [0.2, 0.25) is 0 Å². The number of halogens is 4. The molecular weight excluding hydrogens is 380 g/mol. The Morgan fingerprint density at radius 3 is 1.41 bits per heavy atom. The quantitative estimate of drug-likeness (QED) is 0.399. The zero-order valence-corrected chi connectivity index (χ0v) is 15.0. The molecular formula is C23H14F4N2. The summed E-state index contributed by atoms with van der Waals surface area (Å²) in [5.41, 5.74) is 2.39. The van der Waals surface area contributed by atoms with Crippen molar-refractivity contribution in [1.82, 2.24) is 9.97 Å². The van der Waals surface area contributed by atoms with Gasteiger partial charge in [-0.2, -0.15) is 0 Å². The lowest BCUT2D eigenvalue weighted by molar-refractivity contribution is 0.584. The van der Waals surface area contributed by atoms with Crippen molar-refractivity contribution in [3.05, 3.63) is 107 Å². The van der Waals surface area contributed by atoms with E-state index in [9.17, 15) is 17.6 Å². The third-order valence-electron chi connectivity index (χ3n) is 4.39. The summed E-state index contributed by atoms with van der Waals surface area (Å²) in [5, 5.41) is 0. The predicted molar refractivity (Wildman–Crippen MR) is 102 cm³/mol. The van der Waals surface area contributed by atoms with Crippen LogP contribution in [-0.4, -0.2) is 9.97 Å². The van der Waals surface area contributed by atoms with E-state index in [4.69, 9.17) is 0 Å². The molecule has 0 bridgehead atoms. The molecule has 4 rings (SSSR count). The molecule has 0 saturated heterocycles. The largest absolute Gasteiger partial charge is 0.252 e. The van der Waals surface area contributed by atoms with Crippen LogP contribution in [0, 0.1) is 23.3 Å². The molecule has 144 valence electrons. The molecule has 0 aliphatic rings. The van der Waals surface area contributed by atoms with Gasteiger partial charge in [0.05, 0.1) is 11.4 Å². The van der Waals surface area contributed by atoms with E-state index in [-0.39, 0.29) is 11.1 Å². The van der Waals surface area contributed by atoms with Gasteiger partial charge in [0.25, 0.3) is 0 Å². The predicted octanol–water partition coefficient (Wildman–Crippen LogP) is 5.96. The minimum absolute atomic E-state index is 0.198. The average molecular weight is 394 g/mol. The Balaban J connectivity index is 1.63. The first-order chi connectivity index (χ1) is 14.0. The van der Waals surface area contributed by atoms with E-state index < -0.39 is 23.3 Å². The lowest BCUT2D eigenvalue weighted by atomic mass is 10.1. The van der Waals surface area contributed by atoms with Crippen LogP contribution < -0.4 is 0 Å². The summed E-state index contributed by atoms with van der Waals surface area (Å²) in [6.45, 7) is 0. The summed E-state index contributed by atoms with van der Waals surface area (Å²) in [6, 6.07) is 16.9. The molecule has 0 N–H and O–H groups in total. The van der Waals surface area contributed by atoms with Crippen LogP contribution in [0.25, 0.3) is 22.5 Å². The van der Waals surface area contributed by atoms with Crippen molar-refractivity contribution in [3.8, 4) is 22.5 Å². The summed E-state index contributed by atoms with van der Waals surface area (Å²) in [4.78, 5) is 8.87. The van der Waals surface area contributed by atoms with Crippen LogP contribution in [-0.2, 0) is 6.42 Å². The molecule has 2 aromatic carbocycles. The maximum absolute atomic E-state index is 14.0. The van der Waals surface area contributed by atoms with Crippen molar-refractivity contribution in [3.63, 3.8) is 0 Å². The SMILES string of the molecule is Fc1ccc(-c2cccc(Cc3cccc(-c4ccc(F)cc4F)n3)n2)c(F)c1. The van der Waals surface area contributed by atoms with Crippen molar-refractivity contribution in [2.24, 2.45) is 0 Å². The zero-order chi connectivity index (χ0) is 20.4. The van der Waals surface area contributed by atoms with Gasteiger partial charge in [0, 0.05) is 41.1 Å². The summed E-state index contributed by atoms with van der Waals surface area (Å²) >= 11 is 0. The Morgan fingerprint density at radius 2 is 1.00 bits per heavy atom. The Bertz CT molecular complexity index is 1100. The molecule has 0 amide bonds. The van der Waals surface area contributed by atoms with Gasteiger partial charge in [0.15, 0.2) is 0 Å². The second-order valence-corrected chi connectivity index (χ2v) is 6.45. The first kappa shape index (κ1) is 18.8. The highest BCUT2D eigenvalue weighted by molar-refractivity contribution is 5.61. The number of nitrogens with zero attached hydrogens (tertiary/aromatic N) is 2. The second kappa shape index (κ2) is 7.83. The first-order valence-electron chi connectivity index (χ1n) is 8.82. The average Bonchev–Trinajstić information content (AvgIpc) is 2.68. The molecule has 2 aromatic heterocycles.